The third kappa shape index (κ3) is 4.63. The highest BCUT2D eigenvalue weighted by molar-refractivity contribution is 6.65. The summed E-state index contributed by atoms with van der Waals surface area (Å²) in [6, 6.07) is 1.10. The largest absolute Gasteiger partial charge is 0.398 e. The lowest BCUT2D eigenvalue weighted by molar-refractivity contribution is 0.248. The van der Waals surface area contributed by atoms with Gasteiger partial charge in [0.25, 0.3) is 0 Å². The number of rotatable bonds is 8. The fraction of sp³-hybridized carbons (Fsp3) is 1.00. The van der Waals surface area contributed by atoms with E-state index in [0.29, 0.717) is 12.2 Å². The van der Waals surface area contributed by atoms with Crippen LogP contribution in [0.3, 0.4) is 0 Å². The van der Waals surface area contributed by atoms with Crippen molar-refractivity contribution >= 4 is 8.56 Å². The van der Waals surface area contributed by atoms with E-state index in [9.17, 15) is 0 Å². The summed E-state index contributed by atoms with van der Waals surface area (Å²) in [5.41, 5.74) is 0. The van der Waals surface area contributed by atoms with E-state index >= 15 is 0 Å². The monoisotopic (exact) mass is 232 g/mol. The second-order valence-electron chi connectivity index (χ2n) is 4.52. The Kier molecular flexibility index (Phi) is 5.25. The van der Waals surface area contributed by atoms with Crippen molar-refractivity contribution in [1.29, 1.82) is 0 Å². The van der Waals surface area contributed by atoms with Gasteiger partial charge >= 0.3 is 8.56 Å². The van der Waals surface area contributed by atoms with Gasteiger partial charge < -0.3 is 13.6 Å². The van der Waals surface area contributed by atoms with Gasteiger partial charge in [-0.05, 0) is 25.9 Å². The molecule has 2 unspecified atom stereocenters. The molecule has 1 aliphatic rings. The van der Waals surface area contributed by atoms with E-state index < -0.39 is 8.56 Å². The van der Waals surface area contributed by atoms with Crippen LogP contribution >= 0.6 is 0 Å². The maximum Gasteiger partial charge on any atom is 0.334 e. The lowest BCUT2D eigenvalue weighted by atomic mass is 10.1. The molecule has 3 nitrogen and oxygen atoms in total. The van der Waals surface area contributed by atoms with E-state index in [1.165, 1.54) is 25.7 Å². The Morgan fingerprint density at radius 2 is 1.73 bits per heavy atom. The van der Waals surface area contributed by atoms with Gasteiger partial charge in [0.05, 0.1) is 12.2 Å². The summed E-state index contributed by atoms with van der Waals surface area (Å²) < 4.78 is 16.2. The first-order chi connectivity index (χ1) is 7.11. The minimum Gasteiger partial charge on any atom is -0.398 e. The summed E-state index contributed by atoms with van der Waals surface area (Å²) >= 11 is 0. The molecule has 0 aliphatic carbocycles. The Balaban J connectivity index is 1.96. The number of hydrogen-bond acceptors (Lipinski definition) is 3. The molecule has 4 heteroatoms. The van der Waals surface area contributed by atoms with E-state index in [1.54, 1.807) is 14.2 Å². The zero-order valence-electron chi connectivity index (χ0n) is 10.4. The Hall–Kier alpha value is 0.0969. The van der Waals surface area contributed by atoms with E-state index in [4.69, 9.17) is 13.6 Å². The molecule has 1 saturated heterocycles. The molecule has 0 radical (unpaired) electrons. The van der Waals surface area contributed by atoms with Crippen LogP contribution in [0.2, 0.25) is 12.6 Å². The van der Waals surface area contributed by atoms with Gasteiger partial charge in [0.2, 0.25) is 0 Å². The van der Waals surface area contributed by atoms with Crippen molar-refractivity contribution in [1.82, 2.24) is 0 Å². The quantitative estimate of drug-likeness (QED) is 0.366. The highest BCUT2D eigenvalue weighted by Crippen LogP contribution is 2.27. The molecule has 0 aromatic rings. The van der Waals surface area contributed by atoms with Crippen molar-refractivity contribution in [3.63, 3.8) is 0 Å². The average molecular weight is 232 g/mol. The van der Waals surface area contributed by atoms with Crippen LogP contribution in [-0.2, 0) is 13.6 Å². The first-order valence-corrected chi connectivity index (χ1v) is 8.39. The van der Waals surface area contributed by atoms with Gasteiger partial charge in [-0.25, -0.2) is 0 Å². The van der Waals surface area contributed by atoms with Gasteiger partial charge in [0.1, 0.15) is 0 Å². The molecule has 90 valence electrons. The summed E-state index contributed by atoms with van der Waals surface area (Å²) in [4.78, 5) is 0. The molecule has 0 aromatic heterocycles. The van der Waals surface area contributed by atoms with Crippen molar-refractivity contribution in [2.75, 3.05) is 14.2 Å². The molecule has 1 heterocycles. The fourth-order valence-corrected chi connectivity index (χ4v) is 3.26. The molecule has 15 heavy (non-hydrogen) atoms. The van der Waals surface area contributed by atoms with Crippen molar-refractivity contribution < 1.29 is 13.6 Å². The van der Waals surface area contributed by atoms with Crippen LogP contribution in [0.1, 0.15) is 32.6 Å². The van der Waals surface area contributed by atoms with E-state index in [0.717, 1.165) is 6.04 Å². The van der Waals surface area contributed by atoms with Crippen LogP contribution in [0.5, 0.6) is 0 Å². The smallest absolute Gasteiger partial charge is 0.334 e. The topological polar surface area (TPSA) is 31.0 Å². The molecular weight excluding hydrogens is 208 g/mol. The Morgan fingerprint density at radius 3 is 2.20 bits per heavy atom. The summed E-state index contributed by atoms with van der Waals surface area (Å²) in [6.45, 7) is 4.27. The Morgan fingerprint density at radius 1 is 1.13 bits per heavy atom. The lowest BCUT2D eigenvalue weighted by Crippen LogP contribution is -2.35. The third-order valence-corrected chi connectivity index (χ3v) is 6.31. The van der Waals surface area contributed by atoms with Crippen LogP contribution in [0.15, 0.2) is 0 Å². The predicted molar refractivity (Wildman–Crippen MR) is 63.2 cm³/mol. The molecule has 1 aliphatic heterocycles. The highest BCUT2D eigenvalue weighted by atomic mass is 28.4. The van der Waals surface area contributed by atoms with Gasteiger partial charge in [-0.3, -0.25) is 0 Å². The fourth-order valence-electron chi connectivity index (χ4n) is 1.79. The molecule has 0 saturated carbocycles. The van der Waals surface area contributed by atoms with Crippen molar-refractivity contribution in [2.24, 2.45) is 0 Å². The van der Waals surface area contributed by atoms with Crippen LogP contribution in [0.4, 0.5) is 0 Å². The Labute approximate surface area is 94.4 Å². The number of epoxide rings is 1. The van der Waals surface area contributed by atoms with Crippen LogP contribution < -0.4 is 0 Å². The first-order valence-electron chi connectivity index (χ1n) is 5.87. The summed E-state index contributed by atoms with van der Waals surface area (Å²) in [6.07, 6.45) is 6.04. The van der Waals surface area contributed by atoms with Gasteiger partial charge in [-0.2, -0.15) is 0 Å². The zero-order valence-corrected chi connectivity index (χ0v) is 11.4. The molecule has 0 aromatic carbocycles. The summed E-state index contributed by atoms with van der Waals surface area (Å²) in [7, 11) is 1.72. The molecule has 0 amide bonds. The van der Waals surface area contributed by atoms with Crippen LogP contribution in [0, 0.1) is 0 Å². The molecule has 1 fully saturated rings. The summed E-state index contributed by atoms with van der Waals surface area (Å²) in [5.74, 6) is 0. The minimum atomic E-state index is -1.80. The van der Waals surface area contributed by atoms with Gasteiger partial charge in [-0.15, -0.1) is 0 Å². The van der Waals surface area contributed by atoms with E-state index in [1.807, 2.05) is 0 Å². The Bertz CT molecular complexity index is 183. The molecule has 0 spiro atoms. The molecule has 0 N–H and O–H groups in total. The standard InChI is InChI=1S/C11H24O3Si/c1-10-11(14-10)8-6-5-7-9-15(4,12-2)13-3/h10-11H,5-9H2,1-4H3. The predicted octanol–water partition coefficient (Wildman–Crippen LogP) is 2.70. The number of ether oxygens (including phenoxy) is 1. The maximum atomic E-state index is 5.44. The lowest BCUT2D eigenvalue weighted by Gasteiger charge is -2.22. The normalized spacial score (nSPS) is 25.6. The maximum absolute atomic E-state index is 5.44. The number of hydrogen-bond donors (Lipinski definition) is 0. The first kappa shape index (κ1) is 13.2. The minimum absolute atomic E-state index is 0.516. The zero-order chi connectivity index (χ0) is 11.3. The second-order valence-corrected chi connectivity index (χ2v) is 8.11. The van der Waals surface area contributed by atoms with E-state index in [2.05, 4.69) is 13.5 Å². The van der Waals surface area contributed by atoms with Gasteiger partial charge in [-0.1, -0.05) is 19.3 Å². The van der Waals surface area contributed by atoms with Crippen molar-refractivity contribution in [3.05, 3.63) is 0 Å². The third-order valence-electron chi connectivity index (χ3n) is 3.32. The molecule has 2 atom stereocenters. The van der Waals surface area contributed by atoms with Crippen LogP contribution in [-0.4, -0.2) is 35.0 Å². The molecular formula is C11H24O3Si. The van der Waals surface area contributed by atoms with Gasteiger partial charge in [0, 0.05) is 14.2 Å². The highest BCUT2D eigenvalue weighted by Gasteiger charge is 2.33. The van der Waals surface area contributed by atoms with Gasteiger partial charge in [0.15, 0.2) is 0 Å². The number of unbranched alkanes of at least 4 members (excludes halogenated alkanes) is 2. The second kappa shape index (κ2) is 5.99. The molecule has 1 rings (SSSR count). The van der Waals surface area contributed by atoms with Crippen LogP contribution in [0.25, 0.3) is 0 Å². The average Bonchev–Trinajstić information content (AvgIpc) is 2.94. The van der Waals surface area contributed by atoms with E-state index in [-0.39, 0.29) is 0 Å². The van der Waals surface area contributed by atoms with Crippen molar-refractivity contribution in [3.8, 4) is 0 Å². The SMILES string of the molecule is CO[Si](C)(CCCCCC1OC1C)OC. The summed E-state index contributed by atoms with van der Waals surface area (Å²) in [5, 5.41) is 0. The van der Waals surface area contributed by atoms with Crippen molar-refractivity contribution in [2.45, 2.75) is 57.4 Å². The molecule has 0 bridgehead atoms.